The topological polar surface area (TPSA) is 43.4 Å². The van der Waals surface area contributed by atoms with Crippen molar-refractivity contribution in [3.05, 3.63) is 23.8 Å². The first-order chi connectivity index (χ1) is 15.0. The van der Waals surface area contributed by atoms with E-state index in [1.807, 2.05) is 0 Å². The molecule has 5 aliphatic carbocycles. The zero-order valence-electron chi connectivity index (χ0n) is 20.4. The highest BCUT2D eigenvalue weighted by Gasteiger charge is 2.69. The van der Waals surface area contributed by atoms with Gasteiger partial charge in [0, 0.05) is 16.7 Å². The molecule has 0 N–H and O–H groups in total. The molecule has 0 aromatic carbocycles. The van der Waals surface area contributed by atoms with Gasteiger partial charge in [-0.15, -0.1) is 12.6 Å². The number of hydrogen-bond donors (Lipinski definition) is 1. The van der Waals surface area contributed by atoms with Crippen LogP contribution in [0.4, 0.5) is 0 Å². The molecule has 4 fully saturated rings. The summed E-state index contributed by atoms with van der Waals surface area (Å²) in [7, 11) is 0. The summed E-state index contributed by atoms with van der Waals surface area (Å²) in [5.74, 6) is 1.47. The lowest BCUT2D eigenvalue weighted by molar-refractivity contribution is -0.159. The average molecular weight is 457 g/mol. The monoisotopic (exact) mass is 456 g/mol. The Balaban J connectivity index is 1.41. The first-order valence-corrected chi connectivity index (χ1v) is 13.2. The summed E-state index contributed by atoms with van der Waals surface area (Å²) in [4.78, 5) is 25.8. The normalized spacial score (nSPS) is 43.5. The molecule has 0 radical (unpaired) electrons. The third kappa shape index (κ3) is 2.93. The van der Waals surface area contributed by atoms with E-state index in [1.165, 1.54) is 6.42 Å². The van der Waals surface area contributed by atoms with Gasteiger partial charge in [0.05, 0.1) is 12.5 Å². The summed E-state index contributed by atoms with van der Waals surface area (Å²) in [6, 6.07) is 0. The Labute approximate surface area is 199 Å². The number of carbonyl (C=O) groups excluding carboxylic acids is 2. The molecule has 0 aromatic heterocycles. The summed E-state index contributed by atoms with van der Waals surface area (Å²) >= 11 is 4.33. The standard InChI is InChI=1S/C28H40O3S/c1-25(2)22(26(25,3)4)23(29)31-16-28-15-13-19-18(20(28)11-12-21(28)24(30)32)10-9-17-8-6-7-14-27(17,19)5/h7-8,14,18-22H,6,9-13,15-16H2,1-5H3,(H,30,32)/t18-,19+,20+,21-,27+,28-/m1/s1. The molecule has 0 saturated heterocycles. The summed E-state index contributed by atoms with van der Waals surface area (Å²) < 4.78 is 6.12. The fraction of sp³-hybridized carbons (Fsp3) is 0.786. The zero-order valence-corrected chi connectivity index (χ0v) is 21.3. The average Bonchev–Trinajstić information content (AvgIpc) is 3.01. The van der Waals surface area contributed by atoms with Crippen LogP contribution in [-0.2, 0) is 14.3 Å². The van der Waals surface area contributed by atoms with Gasteiger partial charge < -0.3 is 4.74 Å². The number of fused-ring (bicyclic) bond motifs is 5. The van der Waals surface area contributed by atoms with Gasteiger partial charge in [0.25, 0.3) is 0 Å². The van der Waals surface area contributed by atoms with Gasteiger partial charge >= 0.3 is 5.97 Å². The summed E-state index contributed by atoms with van der Waals surface area (Å²) in [6.07, 6.45) is 14.7. The van der Waals surface area contributed by atoms with Crippen LogP contribution in [0.3, 0.4) is 0 Å². The molecule has 0 aliphatic heterocycles. The molecule has 0 heterocycles. The van der Waals surface area contributed by atoms with Gasteiger partial charge in [-0.2, -0.15) is 0 Å². The molecule has 5 rings (SSSR count). The second kappa shape index (κ2) is 7.23. The fourth-order valence-electron chi connectivity index (χ4n) is 8.87. The SMILES string of the molecule is CC1(C)C(C(=O)OC[C@]23CC[C@H]4[C@@H](CCC5=CCC=C[C@@]54C)[C@@H]2CC[C@@H]3C(=O)S)C1(C)C. The Morgan fingerprint density at radius 2 is 1.75 bits per heavy atom. The number of allylic oxidation sites excluding steroid dienone is 4. The van der Waals surface area contributed by atoms with Crippen molar-refractivity contribution in [2.45, 2.75) is 79.6 Å². The van der Waals surface area contributed by atoms with Crippen molar-refractivity contribution in [3.8, 4) is 0 Å². The van der Waals surface area contributed by atoms with Crippen LogP contribution in [0, 0.1) is 51.2 Å². The van der Waals surface area contributed by atoms with E-state index in [4.69, 9.17) is 4.74 Å². The number of hydrogen-bond acceptors (Lipinski definition) is 3. The molecular formula is C28H40O3S. The largest absolute Gasteiger partial charge is 0.465 e. The Morgan fingerprint density at radius 3 is 2.41 bits per heavy atom. The zero-order chi connectivity index (χ0) is 23.1. The van der Waals surface area contributed by atoms with E-state index in [0.29, 0.717) is 24.4 Å². The quantitative estimate of drug-likeness (QED) is 0.303. The van der Waals surface area contributed by atoms with E-state index >= 15 is 0 Å². The molecule has 32 heavy (non-hydrogen) atoms. The number of rotatable bonds is 4. The molecule has 176 valence electrons. The third-order valence-electron chi connectivity index (χ3n) is 11.4. The Morgan fingerprint density at radius 1 is 1.03 bits per heavy atom. The lowest BCUT2D eigenvalue weighted by Gasteiger charge is -2.57. The lowest BCUT2D eigenvalue weighted by atomic mass is 9.47. The van der Waals surface area contributed by atoms with Crippen molar-refractivity contribution in [1.82, 2.24) is 0 Å². The Bertz CT molecular complexity index is 884. The van der Waals surface area contributed by atoms with Gasteiger partial charge in [-0.25, -0.2) is 0 Å². The predicted molar refractivity (Wildman–Crippen MR) is 130 cm³/mol. The van der Waals surface area contributed by atoms with Crippen molar-refractivity contribution in [1.29, 1.82) is 0 Å². The minimum Gasteiger partial charge on any atom is -0.465 e. The molecule has 3 nitrogen and oxygen atoms in total. The van der Waals surface area contributed by atoms with Gasteiger partial charge in [-0.1, -0.05) is 58.4 Å². The van der Waals surface area contributed by atoms with Crippen LogP contribution >= 0.6 is 12.6 Å². The maximum Gasteiger partial charge on any atom is 0.310 e. The molecule has 0 unspecified atom stereocenters. The number of carbonyl (C=O) groups is 2. The van der Waals surface area contributed by atoms with E-state index < -0.39 is 0 Å². The van der Waals surface area contributed by atoms with Crippen LogP contribution in [0.2, 0.25) is 0 Å². The van der Waals surface area contributed by atoms with Crippen LogP contribution < -0.4 is 0 Å². The molecule has 4 saturated carbocycles. The van der Waals surface area contributed by atoms with Gasteiger partial charge in [-0.05, 0) is 73.5 Å². The Hall–Kier alpha value is -1.03. The smallest absolute Gasteiger partial charge is 0.310 e. The molecule has 4 heteroatoms. The van der Waals surface area contributed by atoms with Crippen LogP contribution in [0.15, 0.2) is 23.8 Å². The summed E-state index contributed by atoms with van der Waals surface area (Å²) in [5, 5.41) is -0.00533. The molecule has 5 aliphatic rings. The van der Waals surface area contributed by atoms with Crippen molar-refractivity contribution < 1.29 is 14.3 Å². The predicted octanol–water partition coefficient (Wildman–Crippen LogP) is 6.39. The lowest BCUT2D eigenvalue weighted by Crippen LogP contribution is -2.52. The van der Waals surface area contributed by atoms with E-state index in [9.17, 15) is 9.59 Å². The van der Waals surface area contributed by atoms with Crippen molar-refractivity contribution in [2.75, 3.05) is 6.61 Å². The number of ether oxygens (including phenoxy) is 1. The first-order valence-electron chi connectivity index (χ1n) is 12.7. The number of thiol groups is 1. The number of esters is 1. The van der Waals surface area contributed by atoms with Crippen molar-refractivity contribution >= 4 is 23.7 Å². The molecular weight excluding hydrogens is 416 g/mol. The van der Waals surface area contributed by atoms with Crippen molar-refractivity contribution in [3.63, 3.8) is 0 Å². The van der Waals surface area contributed by atoms with Gasteiger partial charge in [0.2, 0.25) is 0 Å². The van der Waals surface area contributed by atoms with E-state index in [0.717, 1.165) is 38.5 Å². The molecule has 0 bridgehead atoms. The Kier molecular flexibility index (Phi) is 5.14. The highest BCUT2D eigenvalue weighted by molar-refractivity contribution is 7.96. The maximum atomic E-state index is 13.1. The van der Waals surface area contributed by atoms with Crippen molar-refractivity contribution in [2.24, 2.45) is 51.2 Å². The van der Waals surface area contributed by atoms with Crippen LogP contribution in [0.1, 0.15) is 79.6 Å². The van der Waals surface area contributed by atoms with E-state index in [2.05, 4.69) is 65.5 Å². The van der Waals surface area contributed by atoms with Crippen LogP contribution in [0.25, 0.3) is 0 Å². The van der Waals surface area contributed by atoms with E-state index in [1.54, 1.807) is 5.57 Å². The minimum absolute atomic E-state index is 0.00533. The third-order valence-corrected chi connectivity index (χ3v) is 11.7. The van der Waals surface area contributed by atoms with Gasteiger partial charge in [0.1, 0.15) is 0 Å². The molecule has 0 aromatic rings. The summed E-state index contributed by atoms with van der Waals surface area (Å²) in [5.41, 5.74) is 1.50. The van der Waals surface area contributed by atoms with Crippen LogP contribution in [0.5, 0.6) is 0 Å². The molecule has 0 amide bonds. The highest BCUT2D eigenvalue weighted by Crippen LogP contribution is 2.69. The van der Waals surface area contributed by atoms with E-state index in [-0.39, 0.29) is 44.6 Å². The second-order valence-corrected chi connectivity index (χ2v) is 13.2. The van der Waals surface area contributed by atoms with Gasteiger partial charge in [-0.3, -0.25) is 9.59 Å². The fourth-order valence-corrected chi connectivity index (χ4v) is 9.26. The highest BCUT2D eigenvalue weighted by atomic mass is 32.1. The first kappa shape index (κ1) is 22.7. The molecule has 0 spiro atoms. The minimum atomic E-state index is -0.227. The van der Waals surface area contributed by atoms with Gasteiger partial charge in [0.15, 0.2) is 5.12 Å². The maximum absolute atomic E-state index is 13.1. The second-order valence-electron chi connectivity index (χ2n) is 12.8. The van der Waals surface area contributed by atoms with Crippen LogP contribution in [-0.4, -0.2) is 17.7 Å². The summed E-state index contributed by atoms with van der Waals surface area (Å²) in [6.45, 7) is 11.5. The molecule has 6 atom stereocenters.